The van der Waals surface area contributed by atoms with Crippen molar-refractivity contribution in [1.82, 2.24) is 4.98 Å². The average Bonchev–Trinajstić information content (AvgIpc) is 3.15. The van der Waals surface area contributed by atoms with Gasteiger partial charge in [0.25, 0.3) is 5.91 Å². The second-order valence-electron chi connectivity index (χ2n) is 5.85. The summed E-state index contributed by atoms with van der Waals surface area (Å²) in [5.41, 5.74) is 3.22. The van der Waals surface area contributed by atoms with E-state index in [1.54, 1.807) is 29.8 Å². The van der Waals surface area contributed by atoms with E-state index in [0.717, 1.165) is 11.1 Å². The molecule has 0 spiro atoms. The molecule has 0 saturated heterocycles. The molecule has 0 unspecified atom stereocenters. The molecule has 5 nitrogen and oxygen atoms in total. The first kappa shape index (κ1) is 17.8. The number of benzene rings is 2. The Hall–Kier alpha value is -2.99. The molecule has 2 N–H and O–H groups in total. The summed E-state index contributed by atoms with van der Waals surface area (Å²) in [7, 11) is 0. The highest BCUT2D eigenvalue weighted by molar-refractivity contribution is 7.13. The van der Waals surface area contributed by atoms with Crippen LogP contribution >= 0.6 is 11.3 Å². The van der Waals surface area contributed by atoms with Gasteiger partial charge in [-0.3, -0.25) is 14.9 Å². The summed E-state index contributed by atoms with van der Waals surface area (Å²) in [6.07, 6.45) is 2.75. The van der Waals surface area contributed by atoms with Crippen molar-refractivity contribution < 1.29 is 9.59 Å². The lowest BCUT2D eigenvalue weighted by Crippen LogP contribution is -2.15. The van der Waals surface area contributed by atoms with E-state index in [1.807, 2.05) is 37.3 Å². The Bertz CT molecular complexity index is 893. The number of carbonyl (C=O) groups excluding carboxylic acids is 2. The molecule has 1 aromatic heterocycles. The van der Waals surface area contributed by atoms with Gasteiger partial charge in [-0.2, -0.15) is 0 Å². The van der Waals surface area contributed by atoms with E-state index in [0.29, 0.717) is 29.2 Å². The SMILES string of the molecule is Cc1cc(C(=O)Nc2nccs2)ccc1NC(=O)CCc1ccccc1. The van der Waals surface area contributed by atoms with Crippen LogP contribution < -0.4 is 10.6 Å². The molecule has 1 heterocycles. The van der Waals surface area contributed by atoms with Gasteiger partial charge in [-0.05, 0) is 42.7 Å². The molecule has 3 aromatic rings. The van der Waals surface area contributed by atoms with Crippen LogP contribution in [0.1, 0.15) is 27.9 Å². The fourth-order valence-electron chi connectivity index (χ4n) is 2.51. The molecule has 0 atom stereocenters. The van der Waals surface area contributed by atoms with Crippen molar-refractivity contribution in [2.75, 3.05) is 10.6 Å². The number of carbonyl (C=O) groups is 2. The zero-order valence-electron chi connectivity index (χ0n) is 14.4. The van der Waals surface area contributed by atoms with Gasteiger partial charge >= 0.3 is 0 Å². The number of hydrogen-bond acceptors (Lipinski definition) is 4. The van der Waals surface area contributed by atoms with Crippen molar-refractivity contribution in [3.63, 3.8) is 0 Å². The quantitative estimate of drug-likeness (QED) is 0.685. The lowest BCUT2D eigenvalue weighted by molar-refractivity contribution is -0.116. The fraction of sp³-hybridized carbons (Fsp3) is 0.150. The minimum Gasteiger partial charge on any atom is -0.326 e. The van der Waals surface area contributed by atoms with Gasteiger partial charge in [-0.25, -0.2) is 4.98 Å². The number of aryl methyl sites for hydroxylation is 2. The van der Waals surface area contributed by atoms with Crippen LogP contribution in [0.5, 0.6) is 0 Å². The summed E-state index contributed by atoms with van der Waals surface area (Å²) in [5.74, 6) is -0.262. The third-order valence-electron chi connectivity index (χ3n) is 3.90. The van der Waals surface area contributed by atoms with Gasteiger partial charge in [0.1, 0.15) is 0 Å². The van der Waals surface area contributed by atoms with Crippen molar-refractivity contribution >= 4 is 34.0 Å². The molecule has 2 amide bonds. The Morgan fingerprint density at radius 3 is 2.58 bits per heavy atom. The Labute approximate surface area is 156 Å². The molecular formula is C20H19N3O2S. The molecule has 2 aromatic carbocycles. The Morgan fingerprint density at radius 1 is 1.08 bits per heavy atom. The highest BCUT2D eigenvalue weighted by Gasteiger charge is 2.11. The number of nitrogens with zero attached hydrogens (tertiary/aromatic N) is 1. The first-order chi connectivity index (χ1) is 12.6. The maximum atomic E-state index is 12.2. The molecule has 0 aliphatic heterocycles. The van der Waals surface area contributed by atoms with Crippen molar-refractivity contribution in [2.24, 2.45) is 0 Å². The highest BCUT2D eigenvalue weighted by atomic mass is 32.1. The van der Waals surface area contributed by atoms with E-state index in [-0.39, 0.29) is 11.8 Å². The maximum Gasteiger partial charge on any atom is 0.257 e. The van der Waals surface area contributed by atoms with Crippen LogP contribution in [-0.4, -0.2) is 16.8 Å². The van der Waals surface area contributed by atoms with Crippen LogP contribution in [-0.2, 0) is 11.2 Å². The van der Waals surface area contributed by atoms with Crippen LogP contribution in [0.4, 0.5) is 10.8 Å². The maximum absolute atomic E-state index is 12.2. The van der Waals surface area contributed by atoms with Gasteiger partial charge in [0.05, 0.1) is 0 Å². The summed E-state index contributed by atoms with van der Waals surface area (Å²) in [4.78, 5) is 28.4. The van der Waals surface area contributed by atoms with Crippen molar-refractivity contribution in [3.8, 4) is 0 Å². The highest BCUT2D eigenvalue weighted by Crippen LogP contribution is 2.19. The van der Waals surface area contributed by atoms with Crippen LogP contribution in [0, 0.1) is 6.92 Å². The van der Waals surface area contributed by atoms with E-state index in [4.69, 9.17) is 0 Å². The van der Waals surface area contributed by atoms with Crippen LogP contribution in [0.15, 0.2) is 60.1 Å². The number of anilines is 2. The third kappa shape index (κ3) is 4.77. The summed E-state index contributed by atoms with van der Waals surface area (Å²) in [6.45, 7) is 1.87. The Morgan fingerprint density at radius 2 is 1.88 bits per heavy atom. The molecule has 132 valence electrons. The monoisotopic (exact) mass is 365 g/mol. The van der Waals surface area contributed by atoms with E-state index >= 15 is 0 Å². The number of rotatable bonds is 6. The summed E-state index contributed by atoms with van der Waals surface area (Å²) < 4.78 is 0. The summed E-state index contributed by atoms with van der Waals surface area (Å²) in [5, 5.41) is 8.02. The lowest BCUT2D eigenvalue weighted by Gasteiger charge is -2.10. The topological polar surface area (TPSA) is 71.1 Å². The zero-order chi connectivity index (χ0) is 18.4. The second-order valence-corrected chi connectivity index (χ2v) is 6.75. The van der Waals surface area contributed by atoms with Crippen molar-refractivity contribution in [2.45, 2.75) is 19.8 Å². The van der Waals surface area contributed by atoms with Gasteiger partial charge in [0.2, 0.25) is 5.91 Å². The molecule has 6 heteroatoms. The van der Waals surface area contributed by atoms with Gasteiger partial charge in [-0.15, -0.1) is 11.3 Å². The minimum absolute atomic E-state index is 0.0445. The average molecular weight is 365 g/mol. The Balaban J connectivity index is 1.58. The summed E-state index contributed by atoms with van der Waals surface area (Å²) in [6, 6.07) is 15.1. The van der Waals surface area contributed by atoms with E-state index in [2.05, 4.69) is 15.6 Å². The first-order valence-corrected chi connectivity index (χ1v) is 9.15. The molecule has 26 heavy (non-hydrogen) atoms. The third-order valence-corrected chi connectivity index (χ3v) is 4.59. The smallest absolute Gasteiger partial charge is 0.257 e. The fourth-order valence-corrected chi connectivity index (χ4v) is 3.04. The molecular weight excluding hydrogens is 346 g/mol. The number of nitrogens with one attached hydrogen (secondary N) is 2. The molecule has 0 radical (unpaired) electrons. The first-order valence-electron chi connectivity index (χ1n) is 8.27. The van der Waals surface area contributed by atoms with Gasteiger partial charge in [0.15, 0.2) is 5.13 Å². The lowest BCUT2D eigenvalue weighted by atomic mass is 10.1. The number of aromatic nitrogens is 1. The molecule has 0 aliphatic rings. The van der Waals surface area contributed by atoms with Crippen LogP contribution in [0.25, 0.3) is 0 Å². The van der Waals surface area contributed by atoms with E-state index in [1.165, 1.54) is 11.3 Å². The normalized spacial score (nSPS) is 10.3. The van der Waals surface area contributed by atoms with Gasteiger partial charge < -0.3 is 5.32 Å². The molecule has 0 aliphatic carbocycles. The predicted octanol–water partition coefficient (Wildman–Crippen LogP) is 4.28. The van der Waals surface area contributed by atoms with Gasteiger partial charge in [0, 0.05) is 29.2 Å². The standard InChI is InChI=1S/C20H19N3O2S/c1-14-13-16(19(25)23-20-21-11-12-26-20)8-9-17(14)22-18(24)10-7-15-5-3-2-4-6-15/h2-6,8-9,11-13H,7,10H2,1H3,(H,22,24)(H,21,23,25). The summed E-state index contributed by atoms with van der Waals surface area (Å²) >= 11 is 1.37. The van der Waals surface area contributed by atoms with E-state index < -0.39 is 0 Å². The van der Waals surface area contributed by atoms with Gasteiger partial charge in [-0.1, -0.05) is 30.3 Å². The zero-order valence-corrected chi connectivity index (χ0v) is 15.2. The van der Waals surface area contributed by atoms with Crippen molar-refractivity contribution in [1.29, 1.82) is 0 Å². The number of amides is 2. The molecule has 0 fully saturated rings. The second kappa shape index (κ2) is 8.40. The van der Waals surface area contributed by atoms with Crippen molar-refractivity contribution in [3.05, 3.63) is 76.8 Å². The van der Waals surface area contributed by atoms with Crippen LogP contribution in [0.3, 0.4) is 0 Å². The largest absolute Gasteiger partial charge is 0.326 e. The number of thiazole rings is 1. The molecule has 0 bridgehead atoms. The van der Waals surface area contributed by atoms with Crippen LogP contribution in [0.2, 0.25) is 0 Å². The number of hydrogen-bond donors (Lipinski definition) is 2. The molecule has 0 saturated carbocycles. The Kier molecular flexibility index (Phi) is 5.76. The molecule has 3 rings (SSSR count). The van der Waals surface area contributed by atoms with E-state index in [9.17, 15) is 9.59 Å². The predicted molar refractivity (Wildman–Crippen MR) is 105 cm³/mol. The minimum atomic E-state index is -0.218.